The molecule has 5 heteroatoms. The van der Waals surface area contributed by atoms with Crippen molar-refractivity contribution in [1.82, 2.24) is 0 Å². The van der Waals surface area contributed by atoms with E-state index in [4.69, 9.17) is 15.4 Å². The Kier molecular flexibility index (Phi) is 12.7. The van der Waals surface area contributed by atoms with Crippen molar-refractivity contribution in [1.29, 1.82) is 5.26 Å². The number of nitriles is 1. The minimum Gasteiger partial charge on any atom is -0.422 e. The lowest BCUT2D eigenvalue weighted by molar-refractivity contribution is -0.870. The molecule has 0 aliphatic rings. The molecule has 0 spiro atoms. The van der Waals surface area contributed by atoms with E-state index in [0.29, 0.717) is 0 Å². The Hall–Kier alpha value is -1.21. The minimum absolute atomic E-state index is 0.914. The number of quaternary nitrogens is 1. The topological polar surface area (TPSA) is 67.7 Å². The highest BCUT2D eigenvalue weighted by Gasteiger charge is 2.04. The van der Waals surface area contributed by atoms with Gasteiger partial charge in [0.1, 0.15) is 0 Å². The zero-order valence-electron chi connectivity index (χ0n) is 10.7. The van der Waals surface area contributed by atoms with Crippen LogP contribution in [0.4, 0.5) is 0 Å². The Morgan fingerprint density at radius 3 is 2.25 bits per heavy atom. The zero-order chi connectivity index (χ0) is 12.9. The van der Waals surface area contributed by atoms with Gasteiger partial charge in [-0.1, -0.05) is 6.92 Å². The molecule has 0 saturated carbocycles. The van der Waals surface area contributed by atoms with Gasteiger partial charge in [-0.2, -0.15) is 5.26 Å². The van der Waals surface area contributed by atoms with Crippen LogP contribution < -0.4 is 0 Å². The lowest BCUT2D eigenvalue weighted by Gasteiger charge is -2.23. The van der Waals surface area contributed by atoms with Crippen LogP contribution in [0.25, 0.3) is 5.41 Å². The Morgan fingerprint density at radius 2 is 1.94 bits per heavy atom. The summed E-state index contributed by atoms with van der Waals surface area (Å²) in [6, 6.07) is 1.28. The largest absolute Gasteiger partial charge is 0.422 e. The Balaban J connectivity index is 0. The predicted octanol–water partition coefficient (Wildman–Crippen LogP) is 1.72. The van der Waals surface area contributed by atoms with E-state index in [0.717, 1.165) is 24.1 Å². The molecule has 0 unspecified atom stereocenters. The number of nitrogens with zero attached hydrogens (tertiary/aromatic N) is 4. The van der Waals surface area contributed by atoms with Crippen LogP contribution in [0.5, 0.6) is 0 Å². The molecule has 0 aromatic heterocycles. The third-order valence-corrected chi connectivity index (χ3v) is 1.57. The summed E-state index contributed by atoms with van der Waals surface area (Å²) in [7, 11) is 6.62. The fraction of sp³-hybridized carbons (Fsp3) is 0.818. The highest BCUT2D eigenvalue weighted by Crippen LogP contribution is 1.94. The average Bonchev–Trinajstić information content (AvgIpc) is 2.18. The van der Waals surface area contributed by atoms with E-state index >= 15 is 0 Å². The van der Waals surface area contributed by atoms with E-state index in [-0.39, 0.29) is 0 Å². The van der Waals surface area contributed by atoms with Crippen LogP contribution in [0.1, 0.15) is 19.8 Å². The SMILES string of the molecule is CCCOCCC[N+](C)(C)C.N#CN=C=[N-]. The number of hydrogen-bond acceptors (Lipinski definition) is 3. The highest BCUT2D eigenvalue weighted by atomic mass is 16.5. The van der Waals surface area contributed by atoms with Crippen molar-refractivity contribution in [3.63, 3.8) is 0 Å². The quantitative estimate of drug-likeness (QED) is 0.299. The lowest BCUT2D eigenvalue weighted by atomic mass is 10.4. The van der Waals surface area contributed by atoms with Crippen LogP contribution in [0.3, 0.4) is 0 Å². The molecule has 0 heterocycles. The van der Waals surface area contributed by atoms with Gasteiger partial charge in [-0.25, -0.2) is 0 Å². The number of rotatable bonds is 6. The van der Waals surface area contributed by atoms with Gasteiger partial charge in [0.15, 0.2) is 0 Å². The average molecular weight is 226 g/mol. The molecule has 0 rings (SSSR count). The van der Waals surface area contributed by atoms with Crippen molar-refractivity contribution in [3.8, 4) is 6.19 Å². The van der Waals surface area contributed by atoms with Crippen LogP contribution in [-0.4, -0.2) is 51.4 Å². The van der Waals surface area contributed by atoms with Crippen molar-refractivity contribution >= 4 is 6.01 Å². The molecule has 5 nitrogen and oxygen atoms in total. The fourth-order valence-corrected chi connectivity index (χ4v) is 0.910. The molecule has 16 heavy (non-hydrogen) atoms. The van der Waals surface area contributed by atoms with Crippen LogP contribution >= 0.6 is 0 Å². The predicted molar refractivity (Wildman–Crippen MR) is 65.0 cm³/mol. The molecular formula is C11H22N4O. The standard InChI is InChI=1S/C9H22NO.C2N3/c1-5-8-11-9-6-7-10(2,3)4;3-1-5-2-4/h5-9H2,1-4H3;/q+1;-1. The molecule has 0 aromatic rings. The zero-order valence-corrected chi connectivity index (χ0v) is 10.7. The minimum atomic E-state index is 0.914. The van der Waals surface area contributed by atoms with Crippen LogP contribution in [0, 0.1) is 11.5 Å². The van der Waals surface area contributed by atoms with Gasteiger partial charge >= 0.3 is 0 Å². The van der Waals surface area contributed by atoms with E-state index in [9.17, 15) is 0 Å². The summed E-state index contributed by atoms with van der Waals surface area (Å²) in [5.74, 6) is 0. The van der Waals surface area contributed by atoms with E-state index in [1.165, 1.54) is 25.2 Å². The van der Waals surface area contributed by atoms with Gasteiger partial charge in [-0.05, 0) is 6.42 Å². The Morgan fingerprint density at radius 1 is 1.31 bits per heavy atom. The second-order valence-electron chi connectivity index (χ2n) is 4.29. The monoisotopic (exact) mass is 226 g/mol. The molecule has 0 fully saturated rings. The molecule has 0 aromatic carbocycles. The lowest BCUT2D eigenvalue weighted by Crippen LogP contribution is -2.35. The number of ether oxygens (including phenoxy) is 1. The molecule has 0 N–H and O–H groups in total. The summed E-state index contributed by atoms with van der Waals surface area (Å²) in [5.41, 5.74) is 0. The van der Waals surface area contributed by atoms with Crippen LogP contribution in [-0.2, 0) is 4.74 Å². The summed E-state index contributed by atoms with van der Waals surface area (Å²) >= 11 is 0. The smallest absolute Gasteiger partial charge is 0.0925 e. The highest BCUT2D eigenvalue weighted by molar-refractivity contribution is 5.46. The molecule has 92 valence electrons. The number of hydrogen-bond donors (Lipinski definition) is 0. The van der Waals surface area contributed by atoms with Gasteiger partial charge in [0.05, 0.1) is 40.5 Å². The maximum Gasteiger partial charge on any atom is 0.0925 e. The summed E-state index contributed by atoms with van der Waals surface area (Å²) in [6.07, 6.45) is 3.58. The fourth-order valence-electron chi connectivity index (χ4n) is 0.910. The summed E-state index contributed by atoms with van der Waals surface area (Å²) < 4.78 is 6.41. The van der Waals surface area contributed by atoms with E-state index < -0.39 is 0 Å². The van der Waals surface area contributed by atoms with E-state index in [1.54, 1.807) is 0 Å². The molecule has 0 aliphatic heterocycles. The van der Waals surface area contributed by atoms with Crippen molar-refractivity contribution in [3.05, 3.63) is 5.41 Å². The Bertz CT molecular complexity index is 233. The molecular weight excluding hydrogens is 204 g/mol. The molecule has 0 aliphatic carbocycles. The van der Waals surface area contributed by atoms with Gasteiger partial charge in [0.25, 0.3) is 0 Å². The first-order chi connectivity index (χ1) is 7.47. The molecule has 0 amide bonds. The van der Waals surface area contributed by atoms with Crippen molar-refractivity contribution in [2.75, 3.05) is 40.9 Å². The first kappa shape index (κ1) is 17.2. The van der Waals surface area contributed by atoms with Gasteiger partial charge in [0, 0.05) is 13.0 Å². The van der Waals surface area contributed by atoms with Crippen molar-refractivity contribution in [2.24, 2.45) is 4.99 Å². The normalized spacial score (nSPS) is 9.44. The second kappa shape index (κ2) is 11.9. The van der Waals surface area contributed by atoms with Gasteiger partial charge in [-0.3, -0.25) is 0 Å². The van der Waals surface area contributed by atoms with Gasteiger partial charge in [0.2, 0.25) is 0 Å². The Labute approximate surface area is 98.5 Å². The maximum atomic E-state index is 7.43. The van der Waals surface area contributed by atoms with Crippen LogP contribution in [0.15, 0.2) is 4.99 Å². The molecule has 0 atom stereocenters. The summed E-state index contributed by atoms with van der Waals surface area (Å²) in [6.45, 7) is 5.17. The third kappa shape index (κ3) is 23.0. The van der Waals surface area contributed by atoms with E-state index in [2.05, 4.69) is 33.1 Å². The summed E-state index contributed by atoms with van der Waals surface area (Å²) in [4.78, 5) is 2.58. The second-order valence-corrected chi connectivity index (χ2v) is 4.29. The van der Waals surface area contributed by atoms with Crippen molar-refractivity contribution in [2.45, 2.75) is 19.8 Å². The van der Waals surface area contributed by atoms with Gasteiger partial charge in [-0.15, -0.1) is 6.01 Å². The van der Waals surface area contributed by atoms with Crippen molar-refractivity contribution < 1.29 is 9.22 Å². The molecule has 0 bridgehead atoms. The first-order valence-corrected chi connectivity index (χ1v) is 5.34. The first-order valence-electron chi connectivity index (χ1n) is 5.34. The third-order valence-electron chi connectivity index (χ3n) is 1.57. The molecule has 0 radical (unpaired) electrons. The maximum absolute atomic E-state index is 7.43. The summed E-state index contributed by atoms with van der Waals surface area (Å²) in [5, 5.41) is 14.9. The number of aliphatic imine (C=N–C) groups is 1. The van der Waals surface area contributed by atoms with Gasteiger partial charge < -0.3 is 19.6 Å². The molecule has 0 saturated heterocycles. The van der Waals surface area contributed by atoms with Crippen LogP contribution in [0.2, 0.25) is 0 Å². The van der Waals surface area contributed by atoms with E-state index in [1.807, 2.05) is 0 Å².